The number of carbonyl (C=O) groups excluding carboxylic acids is 1. The van der Waals surface area contributed by atoms with Crippen LogP contribution in [0.1, 0.15) is 31.2 Å². The van der Waals surface area contributed by atoms with Gasteiger partial charge in [0.25, 0.3) is 0 Å². The van der Waals surface area contributed by atoms with E-state index in [2.05, 4.69) is 0 Å². The van der Waals surface area contributed by atoms with Crippen molar-refractivity contribution in [2.45, 2.75) is 25.7 Å². The third kappa shape index (κ3) is 3.61. The lowest BCUT2D eigenvalue weighted by molar-refractivity contribution is -0.137. The maximum atomic E-state index is 12.4. The highest BCUT2D eigenvalue weighted by Crippen LogP contribution is 2.38. The van der Waals surface area contributed by atoms with Crippen molar-refractivity contribution in [3.63, 3.8) is 0 Å². The monoisotopic (exact) mass is 291 g/mol. The molecule has 2 rings (SSSR count). The Morgan fingerprint density at radius 1 is 1.43 bits per heavy atom. The van der Waals surface area contributed by atoms with Crippen molar-refractivity contribution in [1.82, 2.24) is 0 Å². The number of hydrogen-bond acceptors (Lipinski definition) is 3. The highest BCUT2D eigenvalue weighted by atomic mass is 16.5. The lowest BCUT2D eigenvalue weighted by atomic mass is 9.98. The molecule has 0 fully saturated rings. The Morgan fingerprint density at radius 3 is 2.81 bits per heavy atom. The first-order valence-corrected chi connectivity index (χ1v) is 7.13. The van der Waals surface area contributed by atoms with Crippen molar-refractivity contribution >= 4 is 17.6 Å². The van der Waals surface area contributed by atoms with Crippen LogP contribution in [0, 0.1) is 5.92 Å². The fourth-order valence-corrected chi connectivity index (χ4v) is 2.87. The summed E-state index contributed by atoms with van der Waals surface area (Å²) in [7, 11) is 1.62. The molecule has 1 amide bonds. The molecular weight excluding hydrogens is 270 g/mol. The van der Waals surface area contributed by atoms with Crippen LogP contribution in [0.3, 0.4) is 0 Å². The summed E-state index contributed by atoms with van der Waals surface area (Å²) in [5.74, 6) is -0.787. The largest absolute Gasteiger partial charge is 0.481 e. The Kier molecular flexibility index (Phi) is 4.96. The van der Waals surface area contributed by atoms with Crippen LogP contribution >= 0.6 is 0 Å². The molecule has 1 aromatic carbocycles. The van der Waals surface area contributed by atoms with E-state index < -0.39 is 5.97 Å². The number of anilines is 1. The number of para-hydroxylation sites is 1. The fourth-order valence-electron chi connectivity index (χ4n) is 2.87. The molecule has 2 atom stereocenters. The standard InChI is InChI=1S/C16H21NO4/c1-11(10-21-2)7-15(18)17-9-12(8-16(19)20)13-5-3-4-6-14(13)17/h3-6,11-12H,7-10H2,1-2H3,(H,19,20). The number of amides is 1. The quantitative estimate of drug-likeness (QED) is 0.873. The minimum atomic E-state index is -0.836. The molecule has 21 heavy (non-hydrogen) atoms. The number of benzene rings is 1. The van der Waals surface area contributed by atoms with Crippen molar-refractivity contribution < 1.29 is 19.4 Å². The van der Waals surface area contributed by atoms with Gasteiger partial charge in [0.2, 0.25) is 5.91 Å². The third-order valence-corrected chi connectivity index (χ3v) is 3.77. The van der Waals surface area contributed by atoms with Gasteiger partial charge in [0, 0.05) is 38.3 Å². The molecule has 1 aliphatic heterocycles. The van der Waals surface area contributed by atoms with Crippen LogP contribution in [0.25, 0.3) is 0 Å². The Bertz CT molecular complexity index is 529. The maximum absolute atomic E-state index is 12.4. The van der Waals surface area contributed by atoms with Gasteiger partial charge in [0.1, 0.15) is 0 Å². The summed E-state index contributed by atoms with van der Waals surface area (Å²) in [6.45, 7) is 2.96. The number of ether oxygens (including phenoxy) is 1. The molecule has 0 spiro atoms. The van der Waals surface area contributed by atoms with Crippen LogP contribution in [0.2, 0.25) is 0 Å². The first kappa shape index (κ1) is 15.5. The highest BCUT2D eigenvalue weighted by Gasteiger charge is 2.33. The topological polar surface area (TPSA) is 66.8 Å². The number of carboxylic acids is 1. The second-order valence-electron chi connectivity index (χ2n) is 5.62. The summed E-state index contributed by atoms with van der Waals surface area (Å²) in [5.41, 5.74) is 1.80. The summed E-state index contributed by atoms with van der Waals surface area (Å²) < 4.78 is 5.06. The minimum absolute atomic E-state index is 0.0277. The number of rotatable bonds is 6. The van der Waals surface area contributed by atoms with Gasteiger partial charge in [-0.25, -0.2) is 0 Å². The van der Waals surface area contributed by atoms with Crippen molar-refractivity contribution in [2.24, 2.45) is 5.92 Å². The van der Waals surface area contributed by atoms with E-state index in [0.717, 1.165) is 11.3 Å². The molecule has 1 aromatic rings. The van der Waals surface area contributed by atoms with E-state index in [9.17, 15) is 9.59 Å². The lowest BCUT2D eigenvalue weighted by Gasteiger charge is -2.20. The lowest BCUT2D eigenvalue weighted by Crippen LogP contribution is -2.31. The number of carboxylic acid groups (broad SMARTS) is 1. The Morgan fingerprint density at radius 2 is 2.14 bits per heavy atom. The summed E-state index contributed by atoms with van der Waals surface area (Å²) in [6.07, 6.45) is 0.455. The van der Waals surface area contributed by atoms with Gasteiger partial charge in [-0.05, 0) is 17.5 Å². The van der Waals surface area contributed by atoms with Crippen molar-refractivity contribution in [1.29, 1.82) is 0 Å². The number of carbonyl (C=O) groups is 2. The van der Waals surface area contributed by atoms with Gasteiger partial charge in [-0.2, -0.15) is 0 Å². The predicted octanol–water partition coefficient (Wildman–Crippen LogP) is 2.26. The smallest absolute Gasteiger partial charge is 0.304 e. The van der Waals surface area contributed by atoms with E-state index in [1.165, 1.54) is 0 Å². The van der Waals surface area contributed by atoms with Crippen LogP contribution in [0.5, 0.6) is 0 Å². The van der Waals surface area contributed by atoms with Crippen LogP contribution in [0.4, 0.5) is 5.69 Å². The van der Waals surface area contributed by atoms with Gasteiger partial charge in [-0.3, -0.25) is 9.59 Å². The summed E-state index contributed by atoms with van der Waals surface area (Å²) >= 11 is 0. The Labute approximate surface area is 124 Å². The fraction of sp³-hybridized carbons (Fsp3) is 0.500. The zero-order chi connectivity index (χ0) is 15.4. The van der Waals surface area contributed by atoms with E-state index in [1.807, 2.05) is 31.2 Å². The van der Waals surface area contributed by atoms with Crippen molar-refractivity contribution in [3.05, 3.63) is 29.8 Å². The number of nitrogens with zero attached hydrogens (tertiary/aromatic N) is 1. The molecule has 0 aliphatic carbocycles. The Balaban J connectivity index is 2.15. The molecule has 1 heterocycles. The van der Waals surface area contributed by atoms with Gasteiger partial charge in [0.05, 0.1) is 6.42 Å². The molecule has 1 N–H and O–H groups in total. The summed E-state index contributed by atoms with van der Waals surface area (Å²) in [5, 5.41) is 9.02. The minimum Gasteiger partial charge on any atom is -0.481 e. The Hall–Kier alpha value is -1.88. The molecule has 2 unspecified atom stereocenters. The van der Waals surface area contributed by atoms with E-state index in [0.29, 0.717) is 19.6 Å². The normalized spacial score (nSPS) is 18.4. The average molecular weight is 291 g/mol. The second-order valence-corrected chi connectivity index (χ2v) is 5.62. The molecule has 5 nitrogen and oxygen atoms in total. The van der Waals surface area contributed by atoms with E-state index in [-0.39, 0.29) is 24.2 Å². The first-order valence-electron chi connectivity index (χ1n) is 7.13. The third-order valence-electron chi connectivity index (χ3n) is 3.77. The van der Waals surface area contributed by atoms with Gasteiger partial charge in [-0.15, -0.1) is 0 Å². The van der Waals surface area contributed by atoms with E-state index in [4.69, 9.17) is 9.84 Å². The summed E-state index contributed by atoms with van der Waals surface area (Å²) in [4.78, 5) is 25.1. The molecule has 0 saturated heterocycles. The van der Waals surface area contributed by atoms with E-state index in [1.54, 1.807) is 12.0 Å². The molecular formula is C16H21NO4. The van der Waals surface area contributed by atoms with Crippen LogP contribution < -0.4 is 4.90 Å². The number of fused-ring (bicyclic) bond motifs is 1. The number of methoxy groups -OCH3 is 1. The van der Waals surface area contributed by atoms with Crippen molar-refractivity contribution in [2.75, 3.05) is 25.2 Å². The molecule has 0 saturated carbocycles. The predicted molar refractivity (Wildman–Crippen MR) is 79.4 cm³/mol. The highest BCUT2D eigenvalue weighted by molar-refractivity contribution is 5.96. The summed E-state index contributed by atoms with van der Waals surface area (Å²) in [6, 6.07) is 7.56. The molecule has 114 valence electrons. The van der Waals surface area contributed by atoms with Crippen molar-refractivity contribution in [3.8, 4) is 0 Å². The van der Waals surface area contributed by atoms with Crippen LogP contribution in [-0.2, 0) is 14.3 Å². The van der Waals surface area contributed by atoms with Gasteiger partial charge in [-0.1, -0.05) is 25.1 Å². The number of hydrogen-bond donors (Lipinski definition) is 1. The molecule has 1 aliphatic rings. The first-order chi connectivity index (χ1) is 10.0. The van der Waals surface area contributed by atoms with Crippen LogP contribution in [0.15, 0.2) is 24.3 Å². The van der Waals surface area contributed by atoms with Crippen LogP contribution in [-0.4, -0.2) is 37.2 Å². The maximum Gasteiger partial charge on any atom is 0.304 e. The molecule has 0 aromatic heterocycles. The molecule has 5 heteroatoms. The van der Waals surface area contributed by atoms with E-state index >= 15 is 0 Å². The SMILES string of the molecule is COCC(C)CC(=O)N1CC(CC(=O)O)c2ccccc21. The van der Waals surface area contributed by atoms with Gasteiger partial charge in [0.15, 0.2) is 0 Å². The zero-order valence-electron chi connectivity index (χ0n) is 12.4. The zero-order valence-corrected chi connectivity index (χ0v) is 12.4. The number of aliphatic carboxylic acids is 1. The molecule has 0 radical (unpaired) electrons. The second kappa shape index (κ2) is 6.72. The molecule has 0 bridgehead atoms. The van der Waals surface area contributed by atoms with Gasteiger partial charge >= 0.3 is 5.97 Å². The average Bonchev–Trinajstić information content (AvgIpc) is 2.77. The van der Waals surface area contributed by atoms with Gasteiger partial charge < -0.3 is 14.7 Å².